The molecule has 0 saturated carbocycles. The van der Waals surface area contributed by atoms with Gasteiger partial charge in [0.2, 0.25) is 0 Å². The van der Waals surface area contributed by atoms with Gasteiger partial charge in [-0.25, -0.2) is 0 Å². The molecule has 0 fully saturated rings. The van der Waals surface area contributed by atoms with E-state index in [0.717, 1.165) is 12.8 Å². The summed E-state index contributed by atoms with van der Waals surface area (Å²) in [5, 5.41) is 10.3. The molecule has 92 valence electrons. The van der Waals surface area contributed by atoms with Gasteiger partial charge in [-0.15, -0.1) is 6.58 Å². The molecule has 16 heavy (non-hydrogen) atoms. The molecule has 0 spiro atoms. The smallest absolute Gasteiger partial charge is 0.0628 e. The van der Waals surface area contributed by atoms with Crippen molar-refractivity contribution in [1.29, 1.82) is 0 Å². The quantitative estimate of drug-likeness (QED) is 0.714. The molecule has 2 atom stereocenters. The lowest BCUT2D eigenvalue weighted by Crippen LogP contribution is -2.33. The molecule has 0 aromatic rings. The minimum Gasteiger partial charge on any atom is -0.392 e. The van der Waals surface area contributed by atoms with Crippen LogP contribution >= 0.6 is 0 Å². The van der Waals surface area contributed by atoms with Gasteiger partial charge in [-0.2, -0.15) is 0 Å². The number of aliphatic hydroxyl groups is 1. The third-order valence-corrected chi connectivity index (χ3v) is 4.64. The molecule has 1 N–H and O–H groups in total. The molecule has 0 saturated heterocycles. The van der Waals surface area contributed by atoms with Gasteiger partial charge in [-0.05, 0) is 31.1 Å². The minimum atomic E-state index is -0.298. The summed E-state index contributed by atoms with van der Waals surface area (Å²) in [5.41, 5.74) is 1.51. The zero-order valence-electron chi connectivity index (χ0n) is 11.4. The van der Waals surface area contributed by atoms with Crippen molar-refractivity contribution in [2.24, 2.45) is 16.7 Å². The maximum absolute atomic E-state index is 10.3. The highest BCUT2D eigenvalue weighted by Crippen LogP contribution is 2.46. The summed E-state index contributed by atoms with van der Waals surface area (Å²) < 4.78 is 0. The second-order valence-corrected chi connectivity index (χ2v) is 6.32. The van der Waals surface area contributed by atoms with Gasteiger partial charge in [-0.1, -0.05) is 45.4 Å². The largest absolute Gasteiger partial charge is 0.392 e. The number of hydrogen-bond donors (Lipinski definition) is 1. The van der Waals surface area contributed by atoms with Crippen LogP contribution in [-0.2, 0) is 0 Å². The molecule has 0 amide bonds. The normalized spacial score (nSPS) is 26.4. The average molecular weight is 222 g/mol. The van der Waals surface area contributed by atoms with Crippen LogP contribution in [0.3, 0.4) is 0 Å². The summed E-state index contributed by atoms with van der Waals surface area (Å²) in [5.74, 6) is 0.557. The van der Waals surface area contributed by atoms with Crippen molar-refractivity contribution < 1.29 is 5.11 Å². The molecule has 0 aromatic carbocycles. The number of aliphatic hydroxyl groups excluding tert-OH is 1. The van der Waals surface area contributed by atoms with Gasteiger partial charge in [0.25, 0.3) is 0 Å². The molecule has 0 aliphatic heterocycles. The first-order valence-corrected chi connectivity index (χ1v) is 6.20. The SMILES string of the molecule is C=CC(C)(C)C(O)CC1CC=C(C)C1(C)C. The first-order chi connectivity index (χ1) is 7.21. The molecule has 0 aromatic heterocycles. The standard InChI is InChI=1S/C15H26O/c1-7-14(3,4)13(16)10-12-9-8-11(2)15(12,5)6/h7-8,12-13,16H,1,9-10H2,2-6H3. The van der Waals surface area contributed by atoms with Crippen LogP contribution in [0.1, 0.15) is 47.5 Å². The lowest BCUT2D eigenvalue weighted by Gasteiger charge is -2.35. The van der Waals surface area contributed by atoms with E-state index >= 15 is 0 Å². The third-order valence-electron chi connectivity index (χ3n) is 4.64. The number of hydrogen-bond acceptors (Lipinski definition) is 1. The predicted molar refractivity (Wildman–Crippen MR) is 70.2 cm³/mol. The first-order valence-electron chi connectivity index (χ1n) is 6.20. The summed E-state index contributed by atoms with van der Waals surface area (Å²) in [6.07, 6.45) is 5.84. The van der Waals surface area contributed by atoms with Crippen molar-refractivity contribution in [3.05, 3.63) is 24.3 Å². The fourth-order valence-electron chi connectivity index (χ4n) is 2.30. The lowest BCUT2D eigenvalue weighted by molar-refractivity contribution is 0.0439. The van der Waals surface area contributed by atoms with Crippen molar-refractivity contribution in [2.75, 3.05) is 0 Å². The summed E-state index contributed by atoms with van der Waals surface area (Å²) in [6.45, 7) is 14.7. The molecule has 1 aliphatic carbocycles. The zero-order chi connectivity index (χ0) is 12.6. The highest BCUT2D eigenvalue weighted by Gasteiger charge is 2.38. The molecular weight excluding hydrogens is 196 g/mol. The van der Waals surface area contributed by atoms with E-state index in [4.69, 9.17) is 0 Å². The highest BCUT2D eigenvalue weighted by molar-refractivity contribution is 5.18. The van der Waals surface area contributed by atoms with E-state index in [1.807, 2.05) is 19.9 Å². The van der Waals surface area contributed by atoms with Crippen molar-refractivity contribution in [1.82, 2.24) is 0 Å². The van der Waals surface area contributed by atoms with Crippen LogP contribution in [0.4, 0.5) is 0 Å². The van der Waals surface area contributed by atoms with Crippen LogP contribution in [0.2, 0.25) is 0 Å². The monoisotopic (exact) mass is 222 g/mol. The second kappa shape index (κ2) is 4.37. The van der Waals surface area contributed by atoms with Gasteiger partial charge in [-0.3, -0.25) is 0 Å². The first kappa shape index (κ1) is 13.5. The van der Waals surface area contributed by atoms with E-state index in [1.165, 1.54) is 5.57 Å². The van der Waals surface area contributed by atoms with E-state index in [2.05, 4.69) is 33.4 Å². The fourth-order valence-corrected chi connectivity index (χ4v) is 2.30. The van der Waals surface area contributed by atoms with Crippen LogP contribution in [0, 0.1) is 16.7 Å². The van der Waals surface area contributed by atoms with E-state index in [-0.39, 0.29) is 16.9 Å². The molecule has 1 aliphatic rings. The molecule has 2 unspecified atom stereocenters. The van der Waals surface area contributed by atoms with Crippen LogP contribution in [0.5, 0.6) is 0 Å². The van der Waals surface area contributed by atoms with E-state index < -0.39 is 0 Å². The molecule has 0 bridgehead atoms. The summed E-state index contributed by atoms with van der Waals surface area (Å²) in [7, 11) is 0. The highest BCUT2D eigenvalue weighted by atomic mass is 16.3. The lowest BCUT2D eigenvalue weighted by atomic mass is 9.72. The molecule has 1 nitrogen and oxygen atoms in total. The minimum absolute atomic E-state index is 0.188. The van der Waals surface area contributed by atoms with Crippen LogP contribution in [0.25, 0.3) is 0 Å². The van der Waals surface area contributed by atoms with Gasteiger partial charge in [0.1, 0.15) is 0 Å². The molecule has 1 heteroatoms. The number of allylic oxidation sites excluding steroid dienone is 2. The van der Waals surface area contributed by atoms with Crippen molar-refractivity contribution >= 4 is 0 Å². The summed E-state index contributed by atoms with van der Waals surface area (Å²) in [6, 6.07) is 0. The Morgan fingerprint density at radius 1 is 1.62 bits per heavy atom. The Hall–Kier alpha value is -0.560. The Kier molecular flexibility index (Phi) is 3.69. The van der Waals surface area contributed by atoms with Crippen LogP contribution in [-0.4, -0.2) is 11.2 Å². The van der Waals surface area contributed by atoms with Crippen molar-refractivity contribution in [3.8, 4) is 0 Å². The van der Waals surface area contributed by atoms with Gasteiger partial charge in [0.05, 0.1) is 6.10 Å². The van der Waals surface area contributed by atoms with Gasteiger partial charge in [0.15, 0.2) is 0 Å². The topological polar surface area (TPSA) is 20.2 Å². The van der Waals surface area contributed by atoms with Crippen LogP contribution < -0.4 is 0 Å². The third kappa shape index (κ3) is 2.40. The maximum Gasteiger partial charge on any atom is 0.0628 e. The Morgan fingerprint density at radius 2 is 2.19 bits per heavy atom. The van der Waals surface area contributed by atoms with Crippen molar-refractivity contribution in [2.45, 2.75) is 53.6 Å². The van der Waals surface area contributed by atoms with Crippen LogP contribution in [0.15, 0.2) is 24.3 Å². The molecule has 0 radical (unpaired) electrons. The van der Waals surface area contributed by atoms with Gasteiger partial charge in [0, 0.05) is 5.41 Å². The van der Waals surface area contributed by atoms with Crippen molar-refractivity contribution in [3.63, 3.8) is 0 Å². The van der Waals surface area contributed by atoms with Gasteiger partial charge < -0.3 is 5.11 Å². The molecule has 0 heterocycles. The van der Waals surface area contributed by atoms with E-state index in [9.17, 15) is 5.11 Å². The number of rotatable bonds is 4. The van der Waals surface area contributed by atoms with E-state index in [1.54, 1.807) is 0 Å². The summed E-state index contributed by atoms with van der Waals surface area (Å²) >= 11 is 0. The Labute approximate surface area is 100 Å². The molecular formula is C15H26O. The summed E-state index contributed by atoms with van der Waals surface area (Å²) in [4.78, 5) is 0. The van der Waals surface area contributed by atoms with Gasteiger partial charge >= 0.3 is 0 Å². The maximum atomic E-state index is 10.3. The Morgan fingerprint density at radius 3 is 2.56 bits per heavy atom. The average Bonchev–Trinajstić information content (AvgIpc) is 2.44. The fraction of sp³-hybridized carbons (Fsp3) is 0.733. The predicted octanol–water partition coefficient (Wildman–Crippen LogP) is 3.94. The second-order valence-electron chi connectivity index (χ2n) is 6.32. The van der Waals surface area contributed by atoms with E-state index in [0.29, 0.717) is 5.92 Å². The Balaban J connectivity index is 2.68. The molecule has 1 rings (SSSR count). The Bertz CT molecular complexity index is 297. The zero-order valence-corrected chi connectivity index (χ0v) is 11.4.